The molecule has 1 aliphatic rings. The Hall–Kier alpha value is -1.49. The van der Waals surface area contributed by atoms with Gasteiger partial charge < -0.3 is 4.90 Å². The van der Waals surface area contributed by atoms with Crippen LogP contribution in [0.15, 0.2) is 35.2 Å². The molecular weight excluding hydrogens is 224 g/mol. The summed E-state index contributed by atoms with van der Waals surface area (Å²) in [5, 5.41) is 2.25. The van der Waals surface area contributed by atoms with Crippen molar-refractivity contribution in [2.45, 2.75) is 4.90 Å². The van der Waals surface area contributed by atoms with Gasteiger partial charge in [0.25, 0.3) is 0 Å². The van der Waals surface area contributed by atoms with Crippen molar-refractivity contribution >= 4 is 23.7 Å². The van der Waals surface area contributed by atoms with Crippen LogP contribution < -0.4 is 5.32 Å². The van der Waals surface area contributed by atoms with E-state index < -0.39 is 0 Å². The number of imide groups is 1. The molecule has 1 saturated heterocycles. The Bertz CT molecular complexity index is 394. The second-order valence-electron chi connectivity index (χ2n) is 3.44. The predicted molar refractivity (Wildman–Crippen MR) is 62.3 cm³/mol. The smallest absolute Gasteiger partial charge is 0.314 e. The second-order valence-corrected chi connectivity index (χ2v) is 4.60. The summed E-state index contributed by atoms with van der Waals surface area (Å²) < 4.78 is 0. The van der Waals surface area contributed by atoms with Crippen LogP contribution in [0.25, 0.3) is 0 Å². The first-order chi connectivity index (χ1) is 7.75. The van der Waals surface area contributed by atoms with Gasteiger partial charge in [-0.3, -0.25) is 10.1 Å². The number of benzene rings is 1. The van der Waals surface area contributed by atoms with Gasteiger partial charge in [-0.2, -0.15) is 0 Å². The SMILES string of the molecule is O=C1CN(CCSc2ccccc2)C(=O)N1. The molecule has 4 nitrogen and oxygen atoms in total. The van der Waals surface area contributed by atoms with Crippen molar-refractivity contribution < 1.29 is 9.59 Å². The van der Waals surface area contributed by atoms with Crippen LogP contribution in [0.5, 0.6) is 0 Å². The molecule has 0 aliphatic carbocycles. The number of hydrogen-bond acceptors (Lipinski definition) is 3. The monoisotopic (exact) mass is 236 g/mol. The number of nitrogens with zero attached hydrogens (tertiary/aromatic N) is 1. The third kappa shape index (κ3) is 2.76. The summed E-state index contributed by atoms with van der Waals surface area (Å²) in [7, 11) is 0. The van der Waals surface area contributed by atoms with E-state index in [2.05, 4.69) is 5.32 Å². The summed E-state index contributed by atoms with van der Waals surface area (Å²) in [5.74, 6) is 0.583. The van der Waals surface area contributed by atoms with Crippen molar-refractivity contribution in [2.24, 2.45) is 0 Å². The molecule has 84 valence electrons. The lowest BCUT2D eigenvalue weighted by Gasteiger charge is -2.12. The zero-order chi connectivity index (χ0) is 11.4. The van der Waals surface area contributed by atoms with E-state index in [9.17, 15) is 9.59 Å². The van der Waals surface area contributed by atoms with Gasteiger partial charge in [-0.15, -0.1) is 11.8 Å². The summed E-state index contributed by atoms with van der Waals surface area (Å²) in [6.45, 7) is 0.783. The van der Waals surface area contributed by atoms with Gasteiger partial charge >= 0.3 is 6.03 Å². The normalized spacial score (nSPS) is 15.4. The number of rotatable bonds is 4. The van der Waals surface area contributed by atoms with Crippen LogP contribution in [0.4, 0.5) is 4.79 Å². The number of carbonyl (C=O) groups excluding carboxylic acids is 2. The number of urea groups is 1. The fourth-order valence-electron chi connectivity index (χ4n) is 1.45. The molecule has 1 aliphatic heterocycles. The van der Waals surface area contributed by atoms with E-state index in [1.54, 1.807) is 11.8 Å². The van der Waals surface area contributed by atoms with Gasteiger partial charge in [-0.25, -0.2) is 4.79 Å². The molecule has 1 heterocycles. The molecule has 1 fully saturated rings. The Balaban J connectivity index is 1.76. The molecule has 0 saturated carbocycles. The van der Waals surface area contributed by atoms with E-state index in [0.29, 0.717) is 6.54 Å². The van der Waals surface area contributed by atoms with Crippen molar-refractivity contribution in [3.63, 3.8) is 0 Å². The van der Waals surface area contributed by atoms with Gasteiger partial charge in [0, 0.05) is 17.2 Å². The fourth-order valence-corrected chi connectivity index (χ4v) is 2.35. The average molecular weight is 236 g/mol. The quantitative estimate of drug-likeness (QED) is 0.634. The lowest BCUT2D eigenvalue weighted by molar-refractivity contribution is -0.118. The molecule has 0 radical (unpaired) electrons. The zero-order valence-corrected chi connectivity index (χ0v) is 9.50. The first-order valence-electron chi connectivity index (χ1n) is 5.02. The molecule has 1 N–H and O–H groups in total. The number of carbonyl (C=O) groups is 2. The number of hydrogen-bond donors (Lipinski definition) is 1. The van der Waals surface area contributed by atoms with Gasteiger partial charge in [0.2, 0.25) is 5.91 Å². The van der Waals surface area contributed by atoms with Crippen LogP contribution >= 0.6 is 11.8 Å². The Labute approximate surface area is 98.0 Å². The maximum atomic E-state index is 11.2. The van der Waals surface area contributed by atoms with Crippen LogP contribution in [0, 0.1) is 0 Å². The molecule has 1 aromatic rings. The number of thioether (sulfide) groups is 1. The summed E-state index contributed by atoms with van der Waals surface area (Å²) in [4.78, 5) is 24.8. The van der Waals surface area contributed by atoms with Crippen LogP contribution in [0.1, 0.15) is 0 Å². The zero-order valence-electron chi connectivity index (χ0n) is 8.68. The molecule has 0 unspecified atom stereocenters. The standard InChI is InChI=1S/C11H12N2O2S/c14-10-8-13(11(15)12-10)6-7-16-9-4-2-1-3-5-9/h1-5H,6-8H2,(H,12,14,15). The van der Waals surface area contributed by atoms with Crippen LogP contribution in [-0.4, -0.2) is 35.7 Å². The van der Waals surface area contributed by atoms with E-state index in [-0.39, 0.29) is 18.5 Å². The highest BCUT2D eigenvalue weighted by Crippen LogP contribution is 2.17. The second kappa shape index (κ2) is 5.03. The summed E-state index contributed by atoms with van der Waals surface area (Å²) in [6.07, 6.45) is 0. The van der Waals surface area contributed by atoms with Crippen molar-refractivity contribution in [2.75, 3.05) is 18.8 Å². The molecular formula is C11H12N2O2S. The van der Waals surface area contributed by atoms with Gasteiger partial charge in [0.15, 0.2) is 0 Å². The molecule has 1 aromatic carbocycles. The summed E-state index contributed by atoms with van der Waals surface area (Å²) in [6, 6.07) is 9.71. The molecule has 2 rings (SSSR count). The minimum atomic E-state index is -0.279. The highest BCUT2D eigenvalue weighted by molar-refractivity contribution is 7.99. The highest BCUT2D eigenvalue weighted by atomic mass is 32.2. The van der Waals surface area contributed by atoms with Crippen molar-refractivity contribution in [3.8, 4) is 0 Å². The van der Waals surface area contributed by atoms with Crippen molar-refractivity contribution in [1.82, 2.24) is 10.2 Å². The van der Waals surface area contributed by atoms with Crippen LogP contribution in [0.2, 0.25) is 0 Å². The molecule has 0 aromatic heterocycles. The number of amides is 3. The largest absolute Gasteiger partial charge is 0.324 e. The van der Waals surface area contributed by atoms with E-state index in [0.717, 1.165) is 5.75 Å². The van der Waals surface area contributed by atoms with E-state index >= 15 is 0 Å². The Morgan fingerprint density at radius 3 is 2.62 bits per heavy atom. The summed E-state index contributed by atoms with van der Waals surface area (Å²) >= 11 is 1.68. The Morgan fingerprint density at radius 1 is 1.25 bits per heavy atom. The molecule has 3 amide bonds. The van der Waals surface area contributed by atoms with Gasteiger partial charge in [0.05, 0.1) is 0 Å². The third-order valence-electron chi connectivity index (χ3n) is 2.24. The summed E-state index contributed by atoms with van der Waals surface area (Å²) in [5.41, 5.74) is 0. The van der Waals surface area contributed by atoms with Crippen LogP contribution in [0.3, 0.4) is 0 Å². The number of nitrogens with one attached hydrogen (secondary N) is 1. The third-order valence-corrected chi connectivity index (χ3v) is 3.23. The molecule has 5 heteroatoms. The minimum absolute atomic E-state index is 0.189. The molecule has 16 heavy (non-hydrogen) atoms. The van der Waals surface area contributed by atoms with Gasteiger partial charge in [-0.1, -0.05) is 18.2 Å². The van der Waals surface area contributed by atoms with Crippen molar-refractivity contribution in [1.29, 1.82) is 0 Å². The fraction of sp³-hybridized carbons (Fsp3) is 0.273. The lowest BCUT2D eigenvalue weighted by Crippen LogP contribution is -2.30. The topological polar surface area (TPSA) is 49.4 Å². The Morgan fingerprint density at radius 2 is 2.00 bits per heavy atom. The molecule has 0 bridgehead atoms. The van der Waals surface area contributed by atoms with E-state index in [1.807, 2.05) is 30.3 Å². The molecule has 0 atom stereocenters. The Kier molecular flexibility index (Phi) is 3.46. The lowest BCUT2D eigenvalue weighted by atomic mass is 10.4. The predicted octanol–water partition coefficient (Wildman–Crippen LogP) is 1.33. The average Bonchev–Trinajstić information content (AvgIpc) is 2.59. The van der Waals surface area contributed by atoms with Gasteiger partial charge in [0.1, 0.15) is 6.54 Å². The minimum Gasteiger partial charge on any atom is -0.314 e. The molecule has 0 spiro atoms. The van der Waals surface area contributed by atoms with Gasteiger partial charge in [-0.05, 0) is 12.1 Å². The highest BCUT2D eigenvalue weighted by Gasteiger charge is 2.25. The van der Waals surface area contributed by atoms with Crippen LogP contribution in [-0.2, 0) is 4.79 Å². The van der Waals surface area contributed by atoms with Crippen molar-refractivity contribution in [3.05, 3.63) is 30.3 Å². The maximum Gasteiger partial charge on any atom is 0.324 e. The maximum absolute atomic E-state index is 11.2. The first kappa shape index (κ1) is 11.0. The van der Waals surface area contributed by atoms with E-state index in [4.69, 9.17) is 0 Å². The first-order valence-corrected chi connectivity index (χ1v) is 6.01. The van der Waals surface area contributed by atoms with E-state index in [1.165, 1.54) is 9.80 Å².